The minimum absolute atomic E-state index is 0.0348. The second kappa shape index (κ2) is 7.88. The number of fused-ring (bicyclic) bond motifs is 1. The number of hydrogen-bond donors (Lipinski definition) is 2. The molecular weight excluding hydrogens is 348 g/mol. The number of ether oxygens (including phenoxy) is 1. The third kappa shape index (κ3) is 3.69. The number of nitrogens with one attached hydrogen (secondary N) is 2. The number of aromatic nitrogens is 2. The maximum absolute atomic E-state index is 12.9. The molecule has 1 aliphatic heterocycles. The zero-order valence-corrected chi connectivity index (χ0v) is 16.0. The molecule has 26 heavy (non-hydrogen) atoms. The van der Waals surface area contributed by atoms with Crippen LogP contribution in [0.3, 0.4) is 0 Å². The van der Waals surface area contributed by atoms with E-state index in [9.17, 15) is 4.79 Å². The topological polar surface area (TPSA) is 76.1 Å². The van der Waals surface area contributed by atoms with Crippen molar-refractivity contribution in [3.05, 3.63) is 16.8 Å². The Kier molecular flexibility index (Phi) is 5.36. The van der Waals surface area contributed by atoms with Crippen molar-refractivity contribution >= 4 is 33.3 Å². The summed E-state index contributed by atoms with van der Waals surface area (Å²) in [5, 5.41) is 7.69. The number of anilines is 1. The summed E-state index contributed by atoms with van der Waals surface area (Å²) >= 11 is 1.46. The van der Waals surface area contributed by atoms with Gasteiger partial charge in [0, 0.05) is 12.6 Å². The molecule has 1 amide bonds. The largest absolute Gasteiger partial charge is 0.379 e. The van der Waals surface area contributed by atoms with E-state index in [0.717, 1.165) is 52.3 Å². The number of thiophene rings is 1. The van der Waals surface area contributed by atoms with Crippen molar-refractivity contribution in [2.45, 2.75) is 64.0 Å². The number of rotatable bonds is 4. The lowest BCUT2D eigenvalue weighted by atomic mass is 10.1. The number of carbonyl (C=O) groups excluding carboxylic acids is 1. The Morgan fingerprint density at radius 2 is 1.96 bits per heavy atom. The minimum atomic E-state index is 0.0348. The quantitative estimate of drug-likeness (QED) is 0.799. The molecule has 1 saturated heterocycles. The average molecular weight is 375 g/mol. The van der Waals surface area contributed by atoms with Crippen LogP contribution in [0, 0.1) is 6.92 Å². The van der Waals surface area contributed by atoms with Crippen LogP contribution in [0.4, 0.5) is 5.82 Å². The molecule has 6 nitrogen and oxygen atoms in total. The molecule has 2 N–H and O–H groups in total. The first-order valence-electron chi connectivity index (χ1n) is 9.61. The highest BCUT2D eigenvalue weighted by Gasteiger charge is 2.23. The van der Waals surface area contributed by atoms with Gasteiger partial charge in [-0.25, -0.2) is 9.97 Å². The van der Waals surface area contributed by atoms with Crippen molar-refractivity contribution in [3.8, 4) is 0 Å². The third-order valence-electron chi connectivity index (χ3n) is 5.39. The summed E-state index contributed by atoms with van der Waals surface area (Å²) in [6.45, 7) is 3.48. The highest BCUT2D eigenvalue weighted by atomic mass is 32.1. The molecular formula is C19H26N4O2S. The third-order valence-corrected chi connectivity index (χ3v) is 6.59. The second-order valence-electron chi connectivity index (χ2n) is 7.33. The zero-order valence-electron chi connectivity index (χ0n) is 15.2. The van der Waals surface area contributed by atoms with E-state index in [4.69, 9.17) is 4.74 Å². The van der Waals surface area contributed by atoms with Crippen molar-refractivity contribution in [2.75, 3.05) is 18.5 Å². The lowest BCUT2D eigenvalue weighted by Crippen LogP contribution is -2.34. The Morgan fingerprint density at radius 1 is 1.15 bits per heavy atom. The van der Waals surface area contributed by atoms with E-state index in [0.29, 0.717) is 12.6 Å². The van der Waals surface area contributed by atoms with Gasteiger partial charge in [0.1, 0.15) is 17.0 Å². The Hall–Kier alpha value is -1.73. The van der Waals surface area contributed by atoms with Crippen molar-refractivity contribution in [1.82, 2.24) is 15.3 Å². The summed E-state index contributed by atoms with van der Waals surface area (Å²) in [5.74, 6) is 0.848. The molecule has 0 radical (unpaired) electrons. The molecule has 7 heteroatoms. The summed E-state index contributed by atoms with van der Waals surface area (Å²) in [5.41, 5.74) is 0.970. The van der Waals surface area contributed by atoms with Crippen LogP contribution in [0.2, 0.25) is 0 Å². The SMILES string of the molecule is Cc1c(C(=O)NC2CCCCCC2)sc2ncnc(NC3CCOC3)c12. The molecule has 2 aliphatic rings. The van der Waals surface area contributed by atoms with Crippen LogP contribution in [0.25, 0.3) is 10.2 Å². The molecule has 1 unspecified atom stereocenters. The number of hydrogen-bond acceptors (Lipinski definition) is 6. The van der Waals surface area contributed by atoms with E-state index in [1.165, 1.54) is 37.0 Å². The molecule has 2 fully saturated rings. The Morgan fingerprint density at radius 3 is 2.69 bits per heavy atom. The fourth-order valence-electron chi connectivity index (χ4n) is 3.91. The van der Waals surface area contributed by atoms with Crippen LogP contribution in [0.15, 0.2) is 6.33 Å². The van der Waals surface area contributed by atoms with E-state index < -0.39 is 0 Å². The highest BCUT2D eigenvalue weighted by Crippen LogP contribution is 2.34. The Balaban J connectivity index is 1.57. The van der Waals surface area contributed by atoms with Gasteiger partial charge in [-0.05, 0) is 31.7 Å². The Bertz CT molecular complexity index is 777. The number of nitrogens with zero attached hydrogens (tertiary/aromatic N) is 2. The standard InChI is InChI=1S/C19H26N4O2S/c1-12-15-17(22-14-8-9-25-10-14)20-11-21-19(15)26-16(12)18(24)23-13-6-4-2-3-5-7-13/h11,13-14H,2-10H2,1H3,(H,23,24)(H,20,21,22). The summed E-state index contributed by atoms with van der Waals surface area (Å²) in [6.07, 6.45) is 9.70. The van der Waals surface area contributed by atoms with Crippen LogP contribution in [0.5, 0.6) is 0 Å². The first-order chi connectivity index (χ1) is 12.7. The first-order valence-corrected chi connectivity index (χ1v) is 10.4. The molecule has 0 spiro atoms. The van der Waals surface area contributed by atoms with Gasteiger partial charge < -0.3 is 15.4 Å². The van der Waals surface area contributed by atoms with Gasteiger partial charge in [-0.3, -0.25) is 4.79 Å². The molecule has 1 atom stereocenters. The average Bonchev–Trinajstić information content (AvgIpc) is 3.18. The van der Waals surface area contributed by atoms with E-state index in [2.05, 4.69) is 20.6 Å². The van der Waals surface area contributed by atoms with E-state index in [-0.39, 0.29) is 11.9 Å². The molecule has 1 saturated carbocycles. The molecule has 1 aliphatic carbocycles. The number of amides is 1. The minimum Gasteiger partial charge on any atom is -0.379 e. The van der Waals surface area contributed by atoms with Crippen LogP contribution in [-0.2, 0) is 4.74 Å². The zero-order chi connectivity index (χ0) is 17.9. The summed E-state index contributed by atoms with van der Waals surface area (Å²) < 4.78 is 5.44. The maximum atomic E-state index is 12.9. The predicted molar refractivity (Wildman–Crippen MR) is 104 cm³/mol. The lowest BCUT2D eigenvalue weighted by Gasteiger charge is -2.16. The summed E-state index contributed by atoms with van der Waals surface area (Å²) in [6, 6.07) is 0.574. The number of aryl methyl sites for hydroxylation is 1. The van der Waals surface area contributed by atoms with Gasteiger partial charge in [-0.2, -0.15) is 0 Å². The molecule has 4 rings (SSSR count). The van der Waals surface area contributed by atoms with Gasteiger partial charge in [-0.15, -0.1) is 11.3 Å². The normalized spacial score (nSPS) is 21.7. The fourth-order valence-corrected chi connectivity index (χ4v) is 4.97. The van der Waals surface area contributed by atoms with Gasteiger partial charge in [-0.1, -0.05) is 25.7 Å². The molecule has 0 aromatic carbocycles. The van der Waals surface area contributed by atoms with Crippen molar-refractivity contribution in [1.29, 1.82) is 0 Å². The molecule has 140 valence electrons. The smallest absolute Gasteiger partial charge is 0.261 e. The van der Waals surface area contributed by atoms with Gasteiger partial charge in [0.2, 0.25) is 0 Å². The van der Waals surface area contributed by atoms with Crippen molar-refractivity contribution in [3.63, 3.8) is 0 Å². The summed E-state index contributed by atoms with van der Waals surface area (Å²) in [4.78, 5) is 23.3. The van der Waals surface area contributed by atoms with E-state index in [1.807, 2.05) is 6.92 Å². The van der Waals surface area contributed by atoms with Crippen molar-refractivity contribution in [2.24, 2.45) is 0 Å². The Labute approximate surface area is 157 Å². The van der Waals surface area contributed by atoms with Gasteiger partial charge in [0.05, 0.1) is 22.9 Å². The predicted octanol–water partition coefficient (Wildman–Crippen LogP) is 3.65. The van der Waals surface area contributed by atoms with Crippen molar-refractivity contribution < 1.29 is 9.53 Å². The van der Waals surface area contributed by atoms with E-state index >= 15 is 0 Å². The van der Waals surface area contributed by atoms with Gasteiger partial charge in [0.15, 0.2) is 0 Å². The maximum Gasteiger partial charge on any atom is 0.261 e. The molecule has 0 bridgehead atoms. The lowest BCUT2D eigenvalue weighted by molar-refractivity contribution is 0.0937. The van der Waals surface area contributed by atoms with Crippen LogP contribution in [-0.4, -0.2) is 41.2 Å². The van der Waals surface area contributed by atoms with Crippen LogP contribution >= 0.6 is 11.3 Å². The number of carbonyl (C=O) groups is 1. The molecule has 2 aromatic rings. The molecule has 2 aromatic heterocycles. The summed E-state index contributed by atoms with van der Waals surface area (Å²) in [7, 11) is 0. The second-order valence-corrected chi connectivity index (χ2v) is 8.32. The molecule has 3 heterocycles. The van der Waals surface area contributed by atoms with Gasteiger partial charge >= 0.3 is 0 Å². The highest BCUT2D eigenvalue weighted by molar-refractivity contribution is 7.20. The first kappa shape index (κ1) is 17.7. The van der Waals surface area contributed by atoms with Gasteiger partial charge in [0.25, 0.3) is 5.91 Å². The van der Waals surface area contributed by atoms with Crippen LogP contribution in [0.1, 0.15) is 60.2 Å². The monoisotopic (exact) mass is 374 g/mol. The van der Waals surface area contributed by atoms with E-state index in [1.54, 1.807) is 6.33 Å². The van der Waals surface area contributed by atoms with Crippen LogP contribution < -0.4 is 10.6 Å². The fraction of sp³-hybridized carbons (Fsp3) is 0.632.